The lowest BCUT2D eigenvalue weighted by Crippen LogP contribution is -2.30. The Labute approximate surface area is 163 Å². The molecule has 0 saturated heterocycles. The maximum atomic E-state index is 12.1. The molecule has 2 rings (SSSR count). The van der Waals surface area contributed by atoms with Gasteiger partial charge in [-0.25, -0.2) is 0 Å². The molecule has 0 heterocycles. The van der Waals surface area contributed by atoms with Crippen molar-refractivity contribution >= 4 is 11.8 Å². The first-order valence-electron chi connectivity index (χ1n) is 10.4. The highest BCUT2D eigenvalue weighted by molar-refractivity contribution is 5.95. The molecular formula is C23H34O4. The summed E-state index contributed by atoms with van der Waals surface area (Å²) in [7, 11) is 0. The Morgan fingerprint density at radius 3 is 2.70 bits per heavy atom. The number of hydrogen-bond acceptors (Lipinski definition) is 3. The number of carbonyl (C=O) groups is 2. The Balaban J connectivity index is 1.82. The zero-order valence-electron chi connectivity index (χ0n) is 16.5. The van der Waals surface area contributed by atoms with Crippen LogP contribution < -0.4 is 0 Å². The fourth-order valence-electron chi connectivity index (χ4n) is 3.86. The number of carboxylic acids is 1. The van der Waals surface area contributed by atoms with Crippen LogP contribution in [0, 0.1) is 17.8 Å². The average Bonchev–Trinajstić information content (AvgIpc) is 3.43. The minimum absolute atomic E-state index is 0.0679. The highest BCUT2D eigenvalue weighted by atomic mass is 16.4. The predicted molar refractivity (Wildman–Crippen MR) is 107 cm³/mol. The van der Waals surface area contributed by atoms with Gasteiger partial charge in [0.05, 0.1) is 5.60 Å². The maximum absolute atomic E-state index is 12.1. The number of aliphatic carboxylic acids is 1. The van der Waals surface area contributed by atoms with Crippen LogP contribution in [0.15, 0.2) is 36.5 Å². The molecule has 1 saturated carbocycles. The lowest BCUT2D eigenvalue weighted by molar-refractivity contribution is -0.137. The molecule has 0 bridgehead atoms. The molecule has 0 amide bonds. The molecule has 0 aromatic rings. The van der Waals surface area contributed by atoms with Gasteiger partial charge >= 0.3 is 5.97 Å². The summed E-state index contributed by atoms with van der Waals surface area (Å²) in [6.45, 7) is 2.15. The zero-order chi connectivity index (χ0) is 19.7. The highest BCUT2D eigenvalue weighted by Crippen LogP contribution is 2.44. The molecule has 2 N–H and O–H groups in total. The Hall–Kier alpha value is -1.68. The van der Waals surface area contributed by atoms with Crippen molar-refractivity contribution in [2.24, 2.45) is 17.8 Å². The Kier molecular flexibility index (Phi) is 8.49. The predicted octanol–water partition coefficient (Wildman–Crippen LogP) is 4.84. The van der Waals surface area contributed by atoms with Gasteiger partial charge in [0.2, 0.25) is 0 Å². The number of ketones is 1. The van der Waals surface area contributed by atoms with E-state index in [1.807, 2.05) is 18.2 Å². The molecule has 0 aromatic heterocycles. The van der Waals surface area contributed by atoms with Crippen molar-refractivity contribution in [3.8, 4) is 0 Å². The van der Waals surface area contributed by atoms with E-state index >= 15 is 0 Å². The van der Waals surface area contributed by atoms with Gasteiger partial charge in [0.25, 0.3) is 0 Å². The van der Waals surface area contributed by atoms with Crippen molar-refractivity contribution in [3.05, 3.63) is 36.5 Å². The fourth-order valence-corrected chi connectivity index (χ4v) is 3.86. The maximum Gasteiger partial charge on any atom is 0.303 e. The van der Waals surface area contributed by atoms with Crippen molar-refractivity contribution in [1.82, 2.24) is 0 Å². The molecule has 0 radical (unpaired) electrons. The van der Waals surface area contributed by atoms with Gasteiger partial charge in [-0.2, -0.15) is 0 Å². The van der Waals surface area contributed by atoms with Gasteiger partial charge in [0, 0.05) is 18.3 Å². The van der Waals surface area contributed by atoms with Crippen LogP contribution in [0.5, 0.6) is 0 Å². The van der Waals surface area contributed by atoms with Crippen LogP contribution in [-0.4, -0.2) is 27.6 Å². The summed E-state index contributed by atoms with van der Waals surface area (Å²) < 4.78 is 0. The molecule has 2 aliphatic carbocycles. The van der Waals surface area contributed by atoms with E-state index in [1.165, 1.54) is 0 Å². The first kappa shape index (κ1) is 21.6. The molecular weight excluding hydrogens is 340 g/mol. The van der Waals surface area contributed by atoms with Gasteiger partial charge < -0.3 is 10.2 Å². The van der Waals surface area contributed by atoms with Gasteiger partial charge in [-0.1, -0.05) is 50.1 Å². The van der Waals surface area contributed by atoms with E-state index < -0.39 is 11.6 Å². The molecule has 0 aliphatic heterocycles. The van der Waals surface area contributed by atoms with Gasteiger partial charge in [0.1, 0.15) is 0 Å². The second kappa shape index (κ2) is 10.6. The van der Waals surface area contributed by atoms with Crippen LogP contribution >= 0.6 is 0 Å². The molecule has 4 heteroatoms. The quantitative estimate of drug-likeness (QED) is 0.357. The minimum Gasteiger partial charge on any atom is -0.481 e. The van der Waals surface area contributed by atoms with Gasteiger partial charge in [-0.15, -0.1) is 0 Å². The van der Waals surface area contributed by atoms with E-state index in [-0.39, 0.29) is 24.0 Å². The second-order valence-corrected chi connectivity index (χ2v) is 8.05. The van der Waals surface area contributed by atoms with E-state index in [1.54, 1.807) is 6.08 Å². The number of rotatable bonds is 13. The SMILES string of the molecule is CCCCC(O)(CC=C[C@H]1C=CC(=O)[C@@H]1C/C=C\CCCC(=O)O)C1CC1. The van der Waals surface area contributed by atoms with Crippen LogP contribution in [0.4, 0.5) is 0 Å². The Morgan fingerprint density at radius 1 is 1.26 bits per heavy atom. The highest BCUT2D eigenvalue weighted by Gasteiger charge is 2.42. The molecule has 27 heavy (non-hydrogen) atoms. The van der Waals surface area contributed by atoms with Crippen LogP contribution in [0.25, 0.3) is 0 Å². The standard InChI is InChI=1S/C23H34O4/c1-2-3-16-23(27,19-13-14-19)17-8-9-18-12-15-21(24)20(18)10-6-4-5-7-11-22(25)26/h4,6,8-9,12,15,18-20,27H,2-3,5,7,10-11,13-14,16-17H2,1H3,(H,25,26)/b6-4-,9-8?/t18-,20+,23?/m0/s1. The molecule has 4 nitrogen and oxygen atoms in total. The third kappa shape index (κ3) is 7.10. The van der Waals surface area contributed by atoms with E-state index in [9.17, 15) is 14.7 Å². The second-order valence-electron chi connectivity index (χ2n) is 8.05. The first-order valence-corrected chi connectivity index (χ1v) is 10.4. The zero-order valence-corrected chi connectivity index (χ0v) is 16.5. The van der Waals surface area contributed by atoms with Crippen molar-refractivity contribution in [3.63, 3.8) is 0 Å². The molecule has 1 unspecified atom stereocenters. The van der Waals surface area contributed by atoms with E-state index in [2.05, 4.69) is 19.1 Å². The van der Waals surface area contributed by atoms with Gasteiger partial charge in [-0.05, 0) is 56.9 Å². The number of carboxylic acid groups (broad SMARTS) is 1. The summed E-state index contributed by atoms with van der Waals surface area (Å²) in [5.41, 5.74) is -0.571. The first-order chi connectivity index (χ1) is 13.0. The monoisotopic (exact) mass is 374 g/mol. The number of allylic oxidation sites excluding steroid dienone is 5. The lowest BCUT2D eigenvalue weighted by Gasteiger charge is -2.27. The minimum atomic E-state index is -0.770. The third-order valence-electron chi connectivity index (χ3n) is 5.76. The number of hydrogen-bond donors (Lipinski definition) is 2. The molecule has 0 spiro atoms. The van der Waals surface area contributed by atoms with Crippen molar-refractivity contribution in [2.75, 3.05) is 0 Å². The number of carbonyl (C=O) groups excluding carboxylic acids is 1. The van der Waals surface area contributed by atoms with Crippen LogP contribution in [0.1, 0.15) is 71.1 Å². The topological polar surface area (TPSA) is 74.6 Å². The fraction of sp³-hybridized carbons (Fsp3) is 0.652. The summed E-state index contributed by atoms with van der Waals surface area (Å²) >= 11 is 0. The van der Waals surface area contributed by atoms with Gasteiger partial charge in [-0.3, -0.25) is 9.59 Å². The summed E-state index contributed by atoms with van der Waals surface area (Å²) in [6.07, 6.45) is 19.9. The van der Waals surface area contributed by atoms with Crippen LogP contribution in [0.2, 0.25) is 0 Å². The van der Waals surface area contributed by atoms with E-state index in [4.69, 9.17) is 5.11 Å². The molecule has 0 aromatic carbocycles. The van der Waals surface area contributed by atoms with Crippen molar-refractivity contribution in [2.45, 2.75) is 76.7 Å². The molecule has 2 aliphatic rings. The Bertz CT molecular complexity index is 585. The summed E-state index contributed by atoms with van der Waals surface area (Å²) in [5, 5.41) is 19.6. The summed E-state index contributed by atoms with van der Waals surface area (Å²) in [6, 6.07) is 0. The normalized spacial score (nSPS) is 24.9. The van der Waals surface area contributed by atoms with E-state index in [0.29, 0.717) is 25.2 Å². The van der Waals surface area contributed by atoms with Crippen LogP contribution in [0.3, 0.4) is 0 Å². The number of unbranched alkanes of at least 4 members (excludes halogenated alkanes) is 2. The van der Waals surface area contributed by atoms with Gasteiger partial charge in [0.15, 0.2) is 5.78 Å². The largest absolute Gasteiger partial charge is 0.481 e. The molecule has 1 fully saturated rings. The summed E-state index contributed by atoms with van der Waals surface area (Å²) in [4.78, 5) is 22.6. The third-order valence-corrected chi connectivity index (χ3v) is 5.76. The smallest absolute Gasteiger partial charge is 0.303 e. The lowest BCUT2D eigenvalue weighted by atomic mass is 9.86. The van der Waals surface area contributed by atoms with Crippen molar-refractivity contribution < 1.29 is 19.8 Å². The summed E-state index contributed by atoms with van der Waals surface area (Å²) in [5.74, 6) is -0.145. The van der Waals surface area contributed by atoms with E-state index in [0.717, 1.165) is 38.5 Å². The molecule has 150 valence electrons. The van der Waals surface area contributed by atoms with Crippen molar-refractivity contribution in [1.29, 1.82) is 0 Å². The molecule has 3 atom stereocenters. The average molecular weight is 375 g/mol. The van der Waals surface area contributed by atoms with Crippen LogP contribution in [-0.2, 0) is 9.59 Å². The Morgan fingerprint density at radius 2 is 2.04 bits per heavy atom. The number of aliphatic hydroxyl groups is 1.